The van der Waals surface area contributed by atoms with Crippen LogP contribution in [-0.2, 0) is 6.54 Å². The van der Waals surface area contributed by atoms with Crippen LogP contribution in [0, 0.1) is 0 Å². The summed E-state index contributed by atoms with van der Waals surface area (Å²) in [5, 5.41) is 4.71. The molecule has 0 aliphatic heterocycles. The molecule has 19 heavy (non-hydrogen) atoms. The molecular formula is C14H22ClN3O. The number of aryl methyl sites for hydroxylation is 1. The van der Waals surface area contributed by atoms with Gasteiger partial charge in [0.05, 0.1) is 16.8 Å². The molecule has 1 aromatic rings. The van der Waals surface area contributed by atoms with E-state index >= 15 is 0 Å². The van der Waals surface area contributed by atoms with Crippen molar-refractivity contribution >= 4 is 17.4 Å². The van der Waals surface area contributed by atoms with Gasteiger partial charge in [0.1, 0.15) is 5.69 Å². The van der Waals surface area contributed by atoms with Gasteiger partial charge in [-0.15, -0.1) is 0 Å². The van der Waals surface area contributed by atoms with Crippen LogP contribution in [0.1, 0.15) is 49.5 Å². The third-order valence-electron chi connectivity index (χ3n) is 4.15. The Morgan fingerprint density at radius 2 is 2.11 bits per heavy atom. The molecule has 0 radical (unpaired) electrons. The molecule has 2 rings (SSSR count). The summed E-state index contributed by atoms with van der Waals surface area (Å²) in [6.07, 6.45) is 6.54. The molecule has 1 aliphatic carbocycles. The zero-order valence-electron chi connectivity index (χ0n) is 11.9. The molecule has 1 heterocycles. The molecule has 0 unspecified atom stereocenters. The monoisotopic (exact) mass is 283 g/mol. The third kappa shape index (κ3) is 2.43. The normalized spacial score (nSPS) is 18.2. The lowest BCUT2D eigenvalue weighted by Gasteiger charge is -2.34. The fraction of sp³-hybridized carbons (Fsp3) is 0.714. The van der Waals surface area contributed by atoms with Crippen molar-refractivity contribution < 1.29 is 4.79 Å². The molecule has 0 amide bonds. The number of aromatic nitrogens is 2. The van der Waals surface area contributed by atoms with Gasteiger partial charge >= 0.3 is 0 Å². The van der Waals surface area contributed by atoms with Gasteiger partial charge in [0.25, 0.3) is 0 Å². The van der Waals surface area contributed by atoms with Crippen LogP contribution in [0.5, 0.6) is 0 Å². The van der Waals surface area contributed by atoms with Gasteiger partial charge in [-0.2, -0.15) is 5.10 Å². The lowest BCUT2D eigenvalue weighted by atomic mass is 9.88. The van der Waals surface area contributed by atoms with Gasteiger partial charge in [-0.05, 0) is 33.4 Å². The second-order valence-corrected chi connectivity index (χ2v) is 5.93. The number of ketones is 1. The Balaban J connectivity index is 2.40. The standard InChI is InChI=1S/C14H22ClN3O/c1-4-9-18-12(11(15)10-16-18)13(19)14(17(2)3)7-5-6-8-14/h10H,4-9H2,1-3H3. The molecule has 1 aliphatic rings. The predicted octanol–water partition coefficient (Wildman–Crippen LogP) is 3.00. The number of nitrogens with zero attached hydrogens (tertiary/aromatic N) is 3. The fourth-order valence-corrected chi connectivity index (χ4v) is 3.25. The molecule has 0 N–H and O–H groups in total. The van der Waals surface area contributed by atoms with Crippen LogP contribution in [0.15, 0.2) is 6.20 Å². The van der Waals surface area contributed by atoms with Crippen LogP contribution in [0.3, 0.4) is 0 Å². The van der Waals surface area contributed by atoms with Gasteiger partial charge in [-0.3, -0.25) is 14.4 Å². The molecule has 5 heteroatoms. The van der Waals surface area contributed by atoms with Crippen LogP contribution < -0.4 is 0 Å². The predicted molar refractivity (Wildman–Crippen MR) is 76.7 cm³/mol. The largest absolute Gasteiger partial charge is 0.297 e. The molecule has 0 aromatic carbocycles. The van der Waals surface area contributed by atoms with Gasteiger partial charge in [0.15, 0.2) is 0 Å². The van der Waals surface area contributed by atoms with E-state index in [1.165, 1.54) is 0 Å². The Kier molecular flexibility index (Phi) is 4.31. The van der Waals surface area contributed by atoms with Crippen molar-refractivity contribution in [3.8, 4) is 0 Å². The molecule has 0 bridgehead atoms. The lowest BCUT2D eigenvalue weighted by Crippen LogP contribution is -2.49. The highest BCUT2D eigenvalue weighted by Crippen LogP contribution is 2.37. The van der Waals surface area contributed by atoms with Crippen LogP contribution in [0.2, 0.25) is 5.02 Å². The molecule has 0 atom stereocenters. The molecule has 1 aromatic heterocycles. The first-order valence-electron chi connectivity index (χ1n) is 6.96. The van der Waals surface area contributed by atoms with Crippen molar-refractivity contribution in [1.29, 1.82) is 0 Å². The third-order valence-corrected chi connectivity index (χ3v) is 4.43. The zero-order valence-corrected chi connectivity index (χ0v) is 12.7. The van der Waals surface area contributed by atoms with Crippen LogP contribution in [0.4, 0.5) is 0 Å². The van der Waals surface area contributed by atoms with E-state index in [1.54, 1.807) is 10.9 Å². The molecular weight excluding hydrogens is 262 g/mol. The Morgan fingerprint density at radius 3 is 2.63 bits per heavy atom. The Bertz CT molecular complexity index is 461. The van der Waals surface area contributed by atoms with E-state index in [1.807, 2.05) is 14.1 Å². The van der Waals surface area contributed by atoms with E-state index in [0.717, 1.165) is 38.6 Å². The summed E-state index contributed by atoms with van der Waals surface area (Å²) in [6.45, 7) is 2.80. The van der Waals surface area contributed by atoms with Gasteiger partial charge < -0.3 is 0 Å². The maximum atomic E-state index is 13.0. The number of hydrogen-bond donors (Lipinski definition) is 0. The number of carbonyl (C=O) groups is 1. The fourth-order valence-electron chi connectivity index (χ4n) is 3.03. The van der Waals surface area contributed by atoms with Gasteiger partial charge in [0, 0.05) is 6.54 Å². The second kappa shape index (κ2) is 5.63. The first kappa shape index (κ1) is 14.5. The highest BCUT2D eigenvalue weighted by atomic mass is 35.5. The molecule has 1 fully saturated rings. The molecule has 0 spiro atoms. The van der Waals surface area contributed by atoms with Crippen LogP contribution >= 0.6 is 11.6 Å². The number of Topliss-reactive ketones (excluding diaryl/α,β-unsaturated/α-hetero) is 1. The first-order chi connectivity index (χ1) is 9.03. The minimum absolute atomic E-state index is 0.131. The number of likely N-dealkylation sites (N-methyl/N-ethyl adjacent to an activating group) is 1. The van der Waals surface area contributed by atoms with Crippen molar-refractivity contribution in [2.24, 2.45) is 0 Å². The Hall–Kier alpha value is -0.870. The highest BCUT2D eigenvalue weighted by Gasteiger charge is 2.45. The average molecular weight is 284 g/mol. The van der Waals surface area contributed by atoms with E-state index in [4.69, 9.17) is 11.6 Å². The average Bonchev–Trinajstić information content (AvgIpc) is 2.97. The second-order valence-electron chi connectivity index (χ2n) is 5.53. The smallest absolute Gasteiger partial charge is 0.202 e. The summed E-state index contributed by atoms with van der Waals surface area (Å²) in [6, 6.07) is 0. The number of halogens is 1. The lowest BCUT2D eigenvalue weighted by molar-refractivity contribution is 0.0681. The molecule has 1 saturated carbocycles. The summed E-state index contributed by atoms with van der Waals surface area (Å²) in [7, 11) is 3.97. The number of rotatable bonds is 5. The summed E-state index contributed by atoms with van der Waals surface area (Å²) in [5.74, 6) is 0.131. The van der Waals surface area contributed by atoms with Crippen molar-refractivity contribution in [2.75, 3.05) is 14.1 Å². The topological polar surface area (TPSA) is 38.1 Å². The summed E-state index contributed by atoms with van der Waals surface area (Å²) < 4.78 is 1.76. The number of carbonyl (C=O) groups excluding carboxylic acids is 1. The van der Waals surface area contributed by atoms with Gasteiger partial charge in [0.2, 0.25) is 5.78 Å². The summed E-state index contributed by atoms with van der Waals surface area (Å²) in [4.78, 5) is 15.1. The highest BCUT2D eigenvalue weighted by molar-refractivity contribution is 6.34. The van der Waals surface area contributed by atoms with Crippen molar-refractivity contribution in [3.05, 3.63) is 16.9 Å². The maximum absolute atomic E-state index is 13.0. The summed E-state index contributed by atoms with van der Waals surface area (Å²) in [5.41, 5.74) is 0.189. The minimum atomic E-state index is -0.394. The maximum Gasteiger partial charge on any atom is 0.202 e. The summed E-state index contributed by atoms with van der Waals surface area (Å²) >= 11 is 6.20. The van der Waals surface area contributed by atoms with Gasteiger partial charge in [-0.1, -0.05) is 31.4 Å². The molecule has 106 valence electrons. The molecule has 4 nitrogen and oxygen atoms in total. The van der Waals surface area contributed by atoms with E-state index in [-0.39, 0.29) is 5.78 Å². The van der Waals surface area contributed by atoms with E-state index < -0.39 is 5.54 Å². The van der Waals surface area contributed by atoms with E-state index in [9.17, 15) is 4.79 Å². The van der Waals surface area contributed by atoms with Gasteiger partial charge in [-0.25, -0.2) is 0 Å². The van der Waals surface area contributed by atoms with Crippen molar-refractivity contribution in [3.63, 3.8) is 0 Å². The van der Waals surface area contributed by atoms with Crippen LogP contribution in [-0.4, -0.2) is 40.1 Å². The zero-order chi connectivity index (χ0) is 14.0. The first-order valence-corrected chi connectivity index (χ1v) is 7.34. The van der Waals surface area contributed by atoms with Crippen molar-refractivity contribution in [1.82, 2.24) is 14.7 Å². The SMILES string of the molecule is CCCn1ncc(Cl)c1C(=O)C1(N(C)C)CCCC1. The van der Waals surface area contributed by atoms with E-state index in [0.29, 0.717) is 10.7 Å². The van der Waals surface area contributed by atoms with E-state index in [2.05, 4.69) is 16.9 Å². The minimum Gasteiger partial charge on any atom is -0.297 e. The molecule has 0 saturated heterocycles. The Labute approximate surface area is 119 Å². The van der Waals surface area contributed by atoms with Crippen LogP contribution in [0.25, 0.3) is 0 Å². The number of hydrogen-bond acceptors (Lipinski definition) is 3. The Morgan fingerprint density at radius 1 is 1.47 bits per heavy atom. The van der Waals surface area contributed by atoms with Crippen molar-refractivity contribution in [2.45, 2.75) is 51.1 Å². The quantitative estimate of drug-likeness (QED) is 0.780.